The molecule has 2 atom stereocenters. The van der Waals surface area contributed by atoms with Crippen LogP contribution in [0, 0.1) is 5.92 Å². The molecule has 3 aromatic rings. The molecule has 2 aromatic heterocycles. The molecule has 2 aliphatic carbocycles. The highest BCUT2D eigenvalue weighted by Gasteiger charge is 2.44. The summed E-state index contributed by atoms with van der Waals surface area (Å²) < 4.78 is 15.0. The zero-order valence-electron chi connectivity index (χ0n) is 19.3. The fourth-order valence-electron chi connectivity index (χ4n) is 5.77. The number of benzene rings is 1. The van der Waals surface area contributed by atoms with Crippen LogP contribution >= 0.6 is 11.6 Å². The number of likely N-dealkylation sites (tertiary alicyclic amines) is 1. The number of nitrogens with one attached hydrogen (secondary N) is 1. The SMILES string of the molecule is Cn1cc(C2CC2C(=O)Nc2cc3cc([C@H]4CC[C@H](N5CC(F)C5)CC4)c(Cl)cc3cn2)cn1. The number of amides is 1. The van der Waals surface area contributed by atoms with Crippen LogP contribution in [0.2, 0.25) is 5.02 Å². The minimum Gasteiger partial charge on any atom is -0.310 e. The fraction of sp³-hybridized carbons (Fsp3) is 0.500. The number of aromatic nitrogens is 3. The molecule has 3 heterocycles. The van der Waals surface area contributed by atoms with E-state index < -0.39 is 6.17 Å². The second-order valence-corrected chi connectivity index (χ2v) is 10.6. The quantitative estimate of drug-likeness (QED) is 0.554. The molecule has 1 aliphatic heterocycles. The van der Waals surface area contributed by atoms with Crippen LogP contribution in [0.3, 0.4) is 0 Å². The minimum absolute atomic E-state index is 0.00900. The molecule has 2 unspecified atom stereocenters. The van der Waals surface area contributed by atoms with Gasteiger partial charge in [-0.05, 0) is 78.7 Å². The Morgan fingerprint density at radius 3 is 2.62 bits per heavy atom. The Balaban J connectivity index is 1.14. The summed E-state index contributed by atoms with van der Waals surface area (Å²) in [6.45, 7) is 1.19. The standard InChI is InChI=1S/C26H29ClFN5O/c1-32-12-18(11-30-32)21-9-23(21)26(34)31-25-8-16-6-22(24(27)7-17(16)10-29-25)15-2-4-20(5-3-15)33-13-19(28)14-33/h6-8,10-12,15,19-21,23H,2-5,9,13-14H2,1H3,(H,29,31,34)/t15-,20-,21?,23?. The van der Waals surface area contributed by atoms with Crippen molar-refractivity contribution in [1.29, 1.82) is 0 Å². The first-order valence-electron chi connectivity index (χ1n) is 12.2. The predicted octanol–water partition coefficient (Wildman–Crippen LogP) is 5.04. The molecule has 1 amide bonds. The Hall–Kier alpha value is -2.51. The van der Waals surface area contributed by atoms with Gasteiger partial charge in [0.25, 0.3) is 0 Å². The summed E-state index contributed by atoms with van der Waals surface area (Å²) in [4.78, 5) is 19.5. The van der Waals surface area contributed by atoms with Crippen molar-refractivity contribution in [1.82, 2.24) is 19.7 Å². The van der Waals surface area contributed by atoms with E-state index in [1.807, 2.05) is 31.6 Å². The Kier molecular flexibility index (Phi) is 5.57. The van der Waals surface area contributed by atoms with Crippen molar-refractivity contribution in [2.24, 2.45) is 13.0 Å². The fourth-order valence-corrected chi connectivity index (χ4v) is 6.10. The molecule has 3 aliphatic rings. The summed E-state index contributed by atoms with van der Waals surface area (Å²) >= 11 is 6.68. The third-order valence-corrected chi connectivity index (χ3v) is 8.21. The highest BCUT2D eigenvalue weighted by molar-refractivity contribution is 6.32. The lowest BCUT2D eigenvalue weighted by molar-refractivity contribution is -0.117. The van der Waals surface area contributed by atoms with Crippen molar-refractivity contribution >= 4 is 34.1 Å². The van der Waals surface area contributed by atoms with Gasteiger partial charge in [-0.15, -0.1) is 0 Å². The molecule has 6 nitrogen and oxygen atoms in total. The van der Waals surface area contributed by atoms with E-state index in [2.05, 4.69) is 26.4 Å². The van der Waals surface area contributed by atoms with Gasteiger partial charge in [-0.2, -0.15) is 5.10 Å². The lowest BCUT2D eigenvalue weighted by atomic mass is 9.80. The monoisotopic (exact) mass is 481 g/mol. The molecule has 178 valence electrons. The van der Waals surface area contributed by atoms with E-state index in [0.29, 0.717) is 30.9 Å². The Bertz CT molecular complexity index is 1230. The van der Waals surface area contributed by atoms with E-state index in [1.54, 1.807) is 10.9 Å². The van der Waals surface area contributed by atoms with Gasteiger partial charge in [0, 0.05) is 54.9 Å². The molecular weight excluding hydrogens is 453 g/mol. The van der Waals surface area contributed by atoms with Gasteiger partial charge in [-0.25, -0.2) is 9.37 Å². The molecule has 1 saturated heterocycles. The zero-order valence-corrected chi connectivity index (χ0v) is 20.0. The average Bonchev–Trinajstić information content (AvgIpc) is 3.50. The van der Waals surface area contributed by atoms with Crippen LogP contribution in [-0.4, -0.2) is 50.9 Å². The van der Waals surface area contributed by atoms with Crippen molar-refractivity contribution in [2.45, 2.75) is 56.2 Å². The van der Waals surface area contributed by atoms with Crippen molar-refractivity contribution in [2.75, 3.05) is 18.4 Å². The third-order valence-electron chi connectivity index (χ3n) is 7.89. The van der Waals surface area contributed by atoms with E-state index >= 15 is 0 Å². The van der Waals surface area contributed by atoms with Gasteiger partial charge in [0.1, 0.15) is 12.0 Å². The number of aryl methyl sites for hydroxylation is 1. The Morgan fingerprint density at radius 2 is 1.91 bits per heavy atom. The zero-order chi connectivity index (χ0) is 23.4. The highest BCUT2D eigenvalue weighted by atomic mass is 35.5. The van der Waals surface area contributed by atoms with Gasteiger partial charge in [0.2, 0.25) is 5.91 Å². The molecule has 0 spiro atoms. The second kappa shape index (κ2) is 8.61. The topological polar surface area (TPSA) is 63.1 Å². The number of carbonyl (C=O) groups is 1. The van der Waals surface area contributed by atoms with Crippen molar-refractivity contribution in [3.8, 4) is 0 Å². The lowest BCUT2D eigenvalue weighted by Gasteiger charge is -2.43. The number of rotatable bonds is 5. The summed E-state index contributed by atoms with van der Waals surface area (Å²) in [5, 5.41) is 10.00. The molecule has 0 radical (unpaired) electrons. The van der Waals surface area contributed by atoms with Crippen molar-refractivity contribution in [3.63, 3.8) is 0 Å². The normalized spacial score (nSPS) is 27.5. The first-order valence-corrected chi connectivity index (χ1v) is 12.6. The van der Waals surface area contributed by atoms with Crippen LogP contribution in [0.1, 0.15) is 55.1 Å². The summed E-state index contributed by atoms with van der Waals surface area (Å²) in [5.74, 6) is 1.20. The molecule has 1 aromatic carbocycles. The second-order valence-electron chi connectivity index (χ2n) is 10.2. The van der Waals surface area contributed by atoms with Gasteiger partial charge in [0.15, 0.2) is 0 Å². The molecule has 6 rings (SSSR count). The maximum atomic E-state index is 13.2. The number of pyridine rings is 1. The molecule has 34 heavy (non-hydrogen) atoms. The molecule has 0 bridgehead atoms. The smallest absolute Gasteiger partial charge is 0.229 e. The third kappa shape index (κ3) is 4.20. The number of anilines is 1. The number of halogens is 2. The van der Waals surface area contributed by atoms with Gasteiger partial charge in [-0.1, -0.05) is 11.6 Å². The summed E-state index contributed by atoms with van der Waals surface area (Å²) in [6, 6.07) is 6.60. The molecular formula is C26H29ClFN5O. The molecule has 8 heteroatoms. The van der Waals surface area contributed by atoms with E-state index in [9.17, 15) is 9.18 Å². The maximum Gasteiger partial charge on any atom is 0.229 e. The molecule has 3 fully saturated rings. The largest absolute Gasteiger partial charge is 0.310 e. The summed E-state index contributed by atoms with van der Waals surface area (Å²) in [5.41, 5.74) is 2.28. The number of hydrogen-bond donors (Lipinski definition) is 1. The van der Waals surface area contributed by atoms with Crippen LogP contribution in [0.15, 0.2) is 36.8 Å². The molecule has 1 N–H and O–H groups in total. The number of carbonyl (C=O) groups excluding carboxylic acids is 1. The number of nitrogens with zero attached hydrogens (tertiary/aromatic N) is 4. The van der Waals surface area contributed by atoms with Gasteiger partial charge in [0.05, 0.1) is 6.20 Å². The van der Waals surface area contributed by atoms with E-state index in [1.165, 1.54) is 5.56 Å². The first-order chi connectivity index (χ1) is 16.4. The maximum absolute atomic E-state index is 13.2. The van der Waals surface area contributed by atoms with Crippen LogP contribution in [0.25, 0.3) is 10.8 Å². The van der Waals surface area contributed by atoms with Gasteiger partial charge >= 0.3 is 0 Å². The Morgan fingerprint density at radius 1 is 1.12 bits per heavy atom. The summed E-state index contributed by atoms with van der Waals surface area (Å²) in [7, 11) is 1.89. The van der Waals surface area contributed by atoms with Crippen LogP contribution in [0.4, 0.5) is 10.2 Å². The van der Waals surface area contributed by atoms with Crippen molar-refractivity contribution in [3.05, 3.63) is 52.9 Å². The van der Waals surface area contributed by atoms with Gasteiger partial charge in [-0.3, -0.25) is 14.4 Å². The van der Waals surface area contributed by atoms with E-state index in [4.69, 9.17) is 11.6 Å². The Labute approximate surface area is 203 Å². The minimum atomic E-state index is -0.642. The number of hydrogen-bond acceptors (Lipinski definition) is 4. The van der Waals surface area contributed by atoms with Crippen LogP contribution in [-0.2, 0) is 11.8 Å². The highest BCUT2D eigenvalue weighted by Crippen LogP contribution is 2.48. The van der Waals surface area contributed by atoms with Crippen LogP contribution in [0.5, 0.6) is 0 Å². The molecule has 2 saturated carbocycles. The van der Waals surface area contributed by atoms with Crippen molar-refractivity contribution < 1.29 is 9.18 Å². The lowest BCUT2D eigenvalue weighted by Crippen LogP contribution is -2.54. The average molecular weight is 482 g/mol. The van der Waals surface area contributed by atoms with E-state index in [0.717, 1.165) is 53.5 Å². The number of fused-ring (bicyclic) bond motifs is 1. The predicted molar refractivity (Wildman–Crippen MR) is 131 cm³/mol. The van der Waals surface area contributed by atoms with Gasteiger partial charge < -0.3 is 5.32 Å². The van der Waals surface area contributed by atoms with Crippen LogP contribution < -0.4 is 5.32 Å². The van der Waals surface area contributed by atoms with E-state index in [-0.39, 0.29) is 17.7 Å². The summed E-state index contributed by atoms with van der Waals surface area (Å²) in [6.07, 6.45) is 10.1. The number of alkyl halides is 1. The first kappa shape index (κ1) is 22.0.